The first-order chi connectivity index (χ1) is 10.0. The molecule has 0 saturated heterocycles. The number of rotatable bonds is 5. The second-order valence-electron chi connectivity index (χ2n) is 4.22. The zero-order chi connectivity index (χ0) is 15.4. The Morgan fingerprint density at radius 3 is 2.62 bits per heavy atom. The van der Waals surface area contributed by atoms with Crippen LogP contribution in [0.25, 0.3) is 0 Å². The van der Waals surface area contributed by atoms with Crippen LogP contribution in [0.2, 0.25) is 0 Å². The van der Waals surface area contributed by atoms with Gasteiger partial charge >= 0.3 is 5.69 Å². The third kappa shape index (κ3) is 3.25. The van der Waals surface area contributed by atoms with Crippen molar-refractivity contribution in [3.05, 3.63) is 63.7 Å². The molecule has 1 N–H and O–H groups in total. The van der Waals surface area contributed by atoms with E-state index in [2.05, 4.69) is 5.32 Å². The van der Waals surface area contributed by atoms with E-state index in [1.54, 1.807) is 6.07 Å². The van der Waals surface area contributed by atoms with Crippen molar-refractivity contribution in [2.24, 2.45) is 0 Å². The lowest BCUT2D eigenvalue weighted by molar-refractivity contribution is -0.384. The van der Waals surface area contributed by atoms with Gasteiger partial charge in [0.15, 0.2) is 17.4 Å². The minimum Gasteiger partial charge on any atom is -0.490 e. The van der Waals surface area contributed by atoms with E-state index in [0.717, 1.165) is 12.1 Å². The van der Waals surface area contributed by atoms with E-state index in [0.29, 0.717) is 5.56 Å². The highest BCUT2D eigenvalue weighted by Crippen LogP contribution is 2.34. The second kappa shape index (κ2) is 6.17. The Balaban J connectivity index is 2.23. The van der Waals surface area contributed by atoms with Crippen molar-refractivity contribution in [3.63, 3.8) is 0 Å². The predicted octanol–water partition coefficient (Wildman–Crippen LogP) is 3.49. The number of hydrogen-bond acceptors (Lipinski definition) is 4. The molecule has 0 heterocycles. The van der Waals surface area contributed by atoms with Crippen molar-refractivity contribution in [2.45, 2.75) is 6.54 Å². The highest BCUT2D eigenvalue weighted by atomic mass is 19.2. The molecule has 0 bridgehead atoms. The largest absolute Gasteiger partial charge is 0.490 e. The molecule has 0 aliphatic heterocycles. The minimum atomic E-state index is -0.963. The smallest absolute Gasteiger partial charge is 0.333 e. The van der Waals surface area contributed by atoms with Crippen molar-refractivity contribution in [1.29, 1.82) is 0 Å². The molecule has 0 spiro atoms. The molecule has 0 fully saturated rings. The summed E-state index contributed by atoms with van der Waals surface area (Å²) in [7, 11) is 1.33. The summed E-state index contributed by atoms with van der Waals surface area (Å²) in [5, 5.41) is 13.9. The van der Waals surface area contributed by atoms with E-state index >= 15 is 0 Å². The van der Waals surface area contributed by atoms with Gasteiger partial charge in [-0.1, -0.05) is 12.1 Å². The molecule has 110 valence electrons. The minimum absolute atomic E-state index is 0.116. The predicted molar refractivity (Wildman–Crippen MR) is 73.3 cm³/mol. The van der Waals surface area contributed by atoms with Crippen LogP contribution in [0.4, 0.5) is 20.2 Å². The number of hydrogen-bond donors (Lipinski definition) is 1. The Morgan fingerprint density at radius 2 is 2.00 bits per heavy atom. The number of nitro benzene ring substituents is 1. The number of para-hydroxylation sites is 1. The van der Waals surface area contributed by atoms with E-state index in [4.69, 9.17) is 4.74 Å². The molecule has 0 atom stereocenters. The highest BCUT2D eigenvalue weighted by molar-refractivity contribution is 5.68. The summed E-state index contributed by atoms with van der Waals surface area (Å²) in [4.78, 5) is 10.5. The third-order valence-corrected chi connectivity index (χ3v) is 2.87. The average Bonchev–Trinajstić information content (AvgIpc) is 2.47. The van der Waals surface area contributed by atoms with Crippen molar-refractivity contribution >= 4 is 11.4 Å². The van der Waals surface area contributed by atoms with Crippen molar-refractivity contribution in [1.82, 2.24) is 0 Å². The van der Waals surface area contributed by atoms with Crippen molar-refractivity contribution in [3.8, 4) is 5.75 Å². The van der Waals surface area contributed by atoms with Crippen LogP contribution in [-0.2, 0) is 6.54 Å². The lowest BCUT2D eigenvalue weighted by Crippen LogP contribution is -2.04. The van der Waals surface area contributed by atoms with E-state index in [1.807, 2.05) is 0 Å². The molecule has 2 aromatic carbocycles. The van der Waals surface area contributed by atoms with Crippen LogP contribution in [0.5, 0.6) is 5.75 Å². The number of nitro groups is 1. The SMILES string of the molecule is COc1cccc(NCc2ccc(F)c(F)c2)c1[N+](=O)[O-]. The maximum atomic E-state index is 13.1. The Bertz CT molecular complexity index is 677. The Hall–Kier alpha value is -2.70. The maximum Gasteiger partial charge on any atom is 0.333 e. The Kier molecular flexibility index (Phi) is 4.32. The molecule has 0 saturated carbocycles. The number of nitrogens with one attached hydrogen (secondary N) is 1. The third-order valence-electron chi connectivity index (χ3n) is 2.87. The molecule has 5 nitrogen and oxygen atoms in total. The molecule has 2 rings (SSSR count). The summed E-state index contributed by atoms with van der Waals surface area (Å²) < 4.78 is 30.9. The van der Waals surface area contributed by atoms with Gasteiger partial charge < -0.3 is 10.1 Å². The van der Waals surface area contributed by atoms with Crippen molar-refractivity contribution < 1.29 is 18.4 Å². The molecule has 0 aliphatic rings. The van der Waals surface area contributed by atoms with E-state index in [1.165, 1.54) is 25.3 Å². The normalized spacial score (nSPS) is 10.2. The topological polar surface area (TPSA) is 64.4 Å². The first kappa shape index (κ1) is 14.7. The number of anilines is 1. The molecule has 7 heteroatoms. The van der Waals surface area contributed by atoms with Gasteiger partial charge in [0, 0.05) is 6.54 Å². The van der Waals surface area contributed by atoms with Crippen LogP contribution in [0.3, 0.4) is 0 Å². The van der Waals surface area contributed by atoms with Crippen LogP contribution in [0.1, 0.15) is 5.56 Å². The zero-order valence-corrected chi connectivity index (χ0v) is 11.1. The molecular formula is C14H12F2N2O3. The van der Waals surface area contributed by atoms with Gasteiger partial charge in [-0.05, 0) is 29.8 Å². The van der Waals surface area contributed by atoms with Crippen LogP contribution in [-0.4, -0.2) is 12.0 Å². The van der Waals surface area contributed by atoms with E-state index < -0.39 is 16.6 Å². The lowest BCUT2D eigenvalue weighted by atomic mass is 10.2. The average molecular weight is 294 g/mol. The lowest BCUT2D eigenvalue weighted by Gasteiger charge is -2.09. The molecule has 0 amide bonds. The fourth-order valence-corrected chi connectivity index (χ4v) is 1.86. The van der Waals surface area contributed by atoms with Crippen LogP contribution in [0, 0.1) is 21.7 Å². The van der Waals surface area contributed by atoms with Crippen molar-refractivity contribution in [2.75, 3.05) is 12.4 Å². The number of nitrogens with zero attached hydrogens (tertiary/aromatic N) is 1. The summed E-state index contributed by atoms with van der Waals surface area (Å²) in [6.45, 7) is 0.116. The molecule has 0 radical (unpaired) electrons. The van der Waals surface area contributed by atoms with Gasteiger partial charge in [0.25, 0.3) is 0 Å². The Labute approximate surface area is 119 Å². The van der Waals surface area contributed by atoms with Crippen LogP contribution >= 0.6 is 0 Å². The second-order valence-corrected chi connectivity index (χ2v) is 4.22. The van der Waals surface area contributed by atoms with Crippen LogP contribution in [0.15, 0.2) is 36.4 Å². The van der Waals surface area contributed by atoms with Gasteiger partial charge in [-0.3, -0.25) is 10.1 Å². The molecule has 21 heavy (non-hydrogen) atoms. The molecule has 0 unspecified atom stereocenters. The maximum absolute atomic E-state index is 13.1. The first-order valence-electron chi connectivity index (χ1n) is 6.02. The number of halogens is 2. The molecular weight excluding hydrogens is 282 g/mol. The quantitative estimate of drug-likeness (QED) is 0.677. The summed E-state index contributed by atoms with van der Waals surface area (Å²) in [5.74, 6) is -1.78. The fraction of sp³-hybridized carbons (Fsp3) is 0.143. The summed E-state index contributed by atoms with van der Waals surface area (Å²) in [6, 6.07) is 8.03. The summed E-state index contributed by atoms with van der Waals surface area (Å²) in [6.07, 6.45) is 0. The summed E-state index contributed by atoms with van der Waals surface area (Å²) >= 11 is 0. The molecule has 2 aromatic rings. The number of ether oxygens (including phenoxy) is 1. The fourth-order valence-electron chi connectivity index (χ4n) is 1.86. The van der Waals surface area contributed by atoms with Gasteiger partial charge in [-0.15, -0.1) is 0 Å². The molecule has 0 aliphatic carbocycles. The highest BCUT2D eigenvalue weighted by Gasteiger charge is 2.20. The van der Waals surface area contributed by atoms with E-state index in [9.17, 15) is 18.9 Å². The first-order valence-corrected chi connectivity index (χ1v) is 6.02. The molecule has 0 aromatic heterocycles. The van der Waals surface area contributed by atoms with Gasteiger partial charge in [0.1, 0.15) is 5.69 Å². The van der Waals surface area contributed by atoms with Gasteiger partial charge in [-0.25, -0.2) is 8.78 Å². The van der Waals surface area contributed by atoms with Gasteiger partial charge in [0.2, 0.25) is 0 Å². The van der Waals surface area contributed by atoms with Gasteiger partial charge in [0.05, 0.1) is 12.0 Å². The standard InChI is InChI=1S/C14H12F2N2O3/c1-21-13-4-2-3-12(14(13)18(19)20)17-8-9-5-6-10(15)11(16)7-9/h2-7,17H,8H2,1H3. The number of methoxy groups -OCH3 is 1. The summed E-state index contributed by atoms with van der Waals surface area (Å²) in [5.41, 5.74) is 0.498. The zero-order valence-electron chi connectivity index (χ0n) is 11.1. The Morgan fingerprint density at radius 1 is 1.24 bits per heavy atom. The van der Waals surface area contributed by atoms with Crippen LogP contribution < -0.4 is 10.1 Å². The van der Waals surface area contributed by atoms with Gasteiger partial charge in [-0.2, -0.15) is 0 Å². The number of benzene rings is 2. The monoisotopic (exact) mass is 294 g/mol. The van der Waals surface area contributed by atoms with E-state index in [-0.39, 0.29) is 23.7 Å².